The van der Waals surface area contributed by atoms with E-state index >= 15 is 0 Å². The molecule has 7 nitrogen and oxygen atoms in total. The lowest BCUT2D eigenvalue weighted by Crippen LogP contribution is -2.43. The van der Waals surface area contributed by atoms with Crippen LogP contribution in [0.1, 0.15) is 40.7 Å². The summed E-state index contributed by atoms with van der Waals surface area (Å²) in [5.74, 6) is -3.04. The first-order chi connectivity index (χ1) is 16.4. The summed E-state index contributed by atoms with van der Waals surface area (Å²) in [6, 6.07) is 18.2. The summed E-state index contributed by atoms with van der Waals surface area (Å²) in [5, 5.41) is 14.1. The second-order valence-electron chi connectivity index (χ2n) is 7.92. The molecule has 3 N–H and O–H groups in total. The van der Waals surface area contributed by atoms with E-state index in [0.717, 1.165) is 34.4 Å². The van der Waals surface area contributed by atoms with Crippen LogP contribution < -0.4 is 10.6 Å². The number of ether oxygens (including phenoxy) is 1. The molecule has 3 aromatic carbocycles. The highest BCUT2D eigenvalue weighted by Gasteiger charge is 2.29. The SMILES string of the molecule is CC[C@@H](NC(=O)OCC1c2ccccc2-c2ccccc21)C(=O)Nc1ccc(F)c(C(=O)O)c1. The molecule has 1 aliphatic rings. The van der Waals surface area contributed by atoms with Gasteiger partial charge in [0.2, 0.25) is 5.91 Å². The average Bonchev–Trinajstić information content (AvgIpc) is 3.16. The van der Waals surface area contributed by atoms with Gasteiger partial charge in [-0.15, -0.1) is 0 Å². The molecule has 1 atom stereocenters. The van der Waals surface area contributed by atoms with Crippen molar-refractivity contribution in [3.63, 3.8) is 0 Å². The highest BCUT2D eigenvalue weighted by molar-refractivity contribution is 5.98. The molecule has 0 heterocycles. The van der Waals surface area contributed by atoms with Crippen molar-refractivity contribution in [2.45, 2.75) is 25.3 Å². The molecule has 0 saturated heterocycles. The lowest BCUT2D eigenvalue weighted by Gasteiger charge is -2.19. The Hall–Kier alpha value is -4.20. The summed E-state index contributed by atoms with van der Waals surface area (Å²) >= 11 is 0. The number of carboxylic acids is 1. The fourth-order valence-electron chi connectivity index (χ4n) is 4.13. The van der Waals surface area contributed by atoms with Crippen molar-refractivity contribution < 1.29 is 28.6 Å². The molecule has 0 bridgehead atoms. The van der Waals surface area contributed by atoms with E-state index < -0.39 is 35.4 Å². The summed E-state index contributed by atoms with van der Waals surface area (Å²) in [6.07, 6.45) is -0.475. The number of fused-ring (bicyclic) bond motifs is 3. The lowest BCUT2D eigenvalue weighted by atomic mass is 9.98. The van der Waals surface area contributed by atoms with Gasteiger partial charge in [0.15, 0.2) is 0 Å². The van der Waals surface area contributed by atoms with Crippen LogP contribution in [0, 0.1) is 5.82 Å². The number of carbonyl (C=O) groups is 3. The van der Waals surface area contributed by atoms with Gasteiger partial charge >= 0.3 is 12.1 Å². The molecular formula is C26H23FN2O5. The van der Waals surface area contributed by atoms with Crippen LogP contribution in [0.25, 0.3) is 11.1 Å². The average molecular weight is 462 g/mol. The number of carbonyl (C=O) groups excluding carboxylic acids is 2. The van der Waals surface area contributed by atoms with E-state index in [-0.39, 0.29) is 24.6 Å². The van der Waals surface area contributed by atoms with Crippen LogP contribution in [-0.2, 0) is 9.53 Å². The normalized spacial score (nSPS) is 12.9. The number of carboxylic acid groups (broad SMARTS) is 1. The fraction of sp³-hybridized carbons (Fsp3) is 0.192. The van der Waals surface area contributed by atoms with E-state index in [1.54, 1.807) is 6.92 Å². The maximum atomic E-state index is 13.6. The van der Waals surface area contributed by atoms with Gasteiger partial charge in [0, 0.05) is 11.6 Å². The number of hydrogen-bond acceptors (Lipinski definition) is 4. The monoisotopic (exact) mass is 462 g/mol. The van der Waals surface area contributed by atoms with Gasteiger partial charge in [-0.1, -0.05) is 55.5 Å². The largest absolute Gasteiger partial charge is 0.478 e. The molecule has 0 radical (unpaired) electrons. The topological polar surface area (TPSA) is 105 Å². The first-order valence-corrected chi connectivity index (χ1v) is 10.8. The predicted molar refractivity (Wildman–Crippen MR) is 124 cm³/mol. The van der Waals surface area contributed by atoms with E-state index in [9.17, 15) is 18.8 Å². The van der Waals surface area contributed by atoms with E-state index in [0.29, 0.717) is 0 Å². The standard InChI is InChI=1S/C26H23FN2O5/c1-2-23(24(30)28-15-11-12-22(27)20(13-15)25(31)32)29-26(33)34-14-21-18-9-5-3-7-16(18)17-8-4-6-10-19(17)21/h3-13,21,23H,2,14H2,1H3,(H,28,30)(H,29,33)(H,31,32)/t23-/m1/s1. The number of nitrogens with one attached hydrogen (secondary N) is 2. The molecule has 174 valence electrons. The van der Waals surface area contributed by atoms with Gasteiger partial charge in [0.05, 0.1) is 5.56 Å². The lowest BCUT2D eigenvalue weighted by molar-refractivity contribution is -0.118. The van der Waals surface area contributed by atoms with Crippen molar-refractivity contribution in [3.8, 4) is 11.1 Å². The number of alkyl carbamates (subject to hydrolysis) is 1. The van der Waals surface area contributed by atoms with Gasteiger partial charge in [-0.25, -0.2) is 14.0 Å². The molecule has 1 aliphatic carbocycles. The summed E-state index contributed by atoms with van der Waals surface area (Å²) < 4.78 is 19.1. The summed E-state index contributed by atoms with van der Waals surface area (Å²) in [6.45, 7) is 1.82. The van der Waals surface area contributed by atoms with E-state index in [2.05, 4.69) is 10.6 Å². The van der Waals surface area contributed by atoms with Gasteiger partial charge in [-0.2, -0.15) is 0 Å². The zero-order valence-corrected chi connectivity index (χ0v) is 18.4. The van der Waals surface area contributed by atoms with Crippen molar-refractivity contribution in [2.24, 2.45) is 0 Å². The summed E-state index contributed by atoms with van der Waals surface area (Å²) in [7, 11) is 0. The van der Waals surface area contributed by atoms with Crippen LogP contribution in [0.3, 0.4) is 0 Å². The molecule has 0 aliphatic heterocycles. The highest BCUT2D eigenvalue weighted by Crippen LogP contribution is 2.44. The Morgan fingerprint density at radius 2 is 1.62 bits per heavy atom. The molecule has 0 aromatic heterocycles. The minimum absolute atomic E-state index is 0.108. The number of aromatic carboxylic acids is 1. The second kappa shape index (κ2) is 9.74. The number of anilines is 1. The molecular weight excluding hydrogens is 439 g/mol. The first kappa shape index (κ1) is 23.0. The Balaban J connectivity index is 1.39. The Bertz CT molecular complexity index is 1210. The third kappa shape index (κ3) is 4.61. The van der Waals surface area contributed by atoms with E-state index in [4.69, 9.17) is 9.84 Å². The number of amides is 2. The molecule has 3 aromatic rings. The smallest absolute Gasteiger partial charge is 0.407 e. The summed E-state index contributed by atoms with van der Waals surface area (Å²) in [5.41, 5.74) is 3.92. The van der Waals surface area contributed by atoms with Crippen LogP contribution in [0.5, 0.6) is 0 Å². The zero-order chi connectivity index (χ0) is 24.2. The van der Waals surface area contributed by atoms with Crippen molar-refractivity contribution >= 4 is 23.7 Å². The van der Waals surface area contributed by atoms with Crippen molar-refractivity contribution in [1.82, 2.24) is 5.32 Å². The van der Waals surface area contributed by atoms with Crippen LogP contribution in [0.4, 0.5) is 14.9 Å². The first-order valence-electron chi connectivity index (χ1n) is 10.8. The quantitative estimate of drug-likeness (QED) is 0.469. The number of halogens is 1. The van der Waals surface area contributed by atoms with E-state index in [1.807, 2.05) is 48.5 Å². The Morgan fingerprint density at radius 1 is 1.00 bits per heavy atom. The van der Waals surface area contributed by atoms with Crippen LogP contribution >= 0.6 is 0 Å². The predicted octanol–water partition coefficient (Wildman–Crippen LogP) is 4.78. The number of benzene rings is 3. The zero-order valence-electron chi connectivity index (χ0n) is 18.4. The van der Waals surface area contributed by atoms with Gasteiger partial charge in [-0.3, -0.25) is 4.79 Å². The van der Waals surface area contributed by atoms with Gasteiger partial charge in [0.1, 0.15) is 18.5 Å². The Kier molecular flexibility index (Phi) is 6.58. The molecule has 0 unspecified atom stereocenters. The molecule has 34 heavy (non-hydrogen) atoms. The summed E-state index contributed by atoms with van der Waals surface area (Å²) in [4.78, 5) is 36.2. The van der Waals surface area contributed by atoms with Crippen LogP contribution in [0.15, 0.2) is 66.7 Å². The molecule has 8 heteroatoms. The molecule has 0 spiro atoms. The second-order valence-corrected chi connectivity index (χ2v) is 7.92. The Labute approximate surface area is 195 Å². The van der Waals surface area contributed by atoms with Crippen molar-refractivity contribution in [3.05, 3.63) is 89.2 Å². The Morgan fingerprint density at radius 3 is 2.21 bits per heavy atom. The minimum Gasteiger partial charge on any atom is -0.478 e. The van der Waals surface area contributed by atoms with Crippen LogP contribution in [-0.4, -0.2) is 35.7 Å². The number of rotatable bonds is 7. The van der Waals surface area contributed by atoms with Gasteiger partial charge in [0.25, 0.3) is 0 Å². The third-order valence-electron chi connectivity index (χ3n) is 5.82. The maximum Gasteiger partial charge on any atom is 0.407 e. The number of hydrogen-bond donors (Lipinski definition) is 3. The molecule has 0 fully saturated rings. The van der Waals surface area contributed by atoms with E-state index in [1.165, 1.54) is 6.07 Å². The molecule has 2 amide bonds. The highest BCUT2D eigenvalue weighted by atomic mass is 19.1. The van der Waals surface area contributed by atoms with Crippen LogP contribution in [0.2, 0.25) is 0 Å². The van der Waals surface area contributed by atoms with Gasteiger partial charge < -0.3 is 20.5 Å². The van der Waals surface area contributed by atoms with Crippen molar-refractivity contribution in [2.75, 3.05) is 11.9 Å². The van der Waals surface area contributed by atoms with Gasteiger partial charge in [-0.05, 0) is 46.9 Å². The molecule has 4 rings (SSSR count). The van der Waals surface area contributed by atoms with Crippen molar-refractivity contribution in [1.29, 1.82) is 0 Å². The maximum absolute atomic E-state index is 13.6. The molecule has 0 saturated carbocycles. The fourth-order valence-corrected chi connectivity index (χ4v) is 4.13. The third-order valence-corrected chi connectivity index (χ3v) is 5.82. The minimum atomic E-state index is -1.45.